The fraction of sp³-hybridized carbons (Fsp3) is 0.500. The first-order valence-corrected chi connectivity index (χ1v) is 9.37. The monoisotopic (exact) mass is 338 g/mol. The van der Waals surface area contributed by atoms with Crippen LogP contribution in [0.25, 0.3) is 0 Å². The van der Waals surface area contributed by atoms with E-state index in [-0.39, 0.29) is 17.4 Å². The Hall–Kier alpha value is -1.71. The number of hydrogen-bond acceptors (Lipinski definition) is 2. The van der Waals surface area contributed by atoms with Crippen molar-refractivity contribution in [1.29, 1.82) is 0 Å². The van der Waals surface area contributed by atoms with E-state index in [1.165, 1.54) is 22.4 Å². The number of nitrogens with zero attached hydrogens (tertiary/aromatic N) is 1. The molecule has 0 saturated heterocycles. The number of aryl methyl sites for hydroxylation is 1. The lowest BCUT2D eigenvalue weighted by atomic mass is 9.56. The zero-order valence-corrected chi connectivity index (χ0v) is 15.9. The fourth-order valence-electron chi connectivity index (χ4n) is 5.28. The summed E-state index contributed by atoms with van der Waals surface area (Å²) in [4.78, 5) is 0. The molecule has 0 radical (unpaired) electrons. The molecule has 2 atom stereocenters. The number of hydrogen-bond donors (Lipinski definition) is 0. The van der Waals surface area contributed by atoms with Crippen LogP contribution in [0, 0.1) is 12.3 Å². The number of rotatable bonds is 4. The first kappa shape index (κ1) is 16.7. The third-order valence-electron chi connectivity index (χ3n) is 6.12. The molecule has 3 heteroatoms. The van der Waals surface area contributed by atoms with Crippen molar-refractivity contribution in [2.45, 2.75) is 52.4 Å². The van der Waals surface area contributed by atoms with Crippen LogP contribution in [-0.4, -0.2) is 19.0 Å². The lowest BCUT2D eigenvalue weighted by Crippen LogP contribution is -2.72. The van der Waals surface area contributed by atoms with Crippen molar-refractivity contribution in [3.05, 3.63) is 65.0 Å². The van der Waals surface area contributed by atoms with Crippen molar-refractivity contribution in [1.82, 2.24) is 0 Å². The Bertz CT molecular complexity index is 805. The van der Waals surface area contributed by atoms with Gasteiger partial charge in [-0.25, -0.2) is 0 Å². The summed E-state index contributed by atoms with van der Waals surface area (Å²) in [5, 5.41) is 0. The average Bonchev–Trinajstić information content (AvgIpc) is 2.58. The summed E-state index contributed by atoms with van der Waals surface area (Å²) in [5.41, 5.74) is 5.22. The highest BCUT2D eigenvalue weighted by molar-refractivity contribution is 5.49. The Labute approximate surface area is 150 Å². The van der Waals surface area contributed by atoms with Crippen LogP contribution in [0.15, 0.2) is 42.6 Å². The van der Waals surface area contributed by atoms with Crippen LogP contribution in [0.2, 0.25) is 0 Å². The molecule has 25 heavy (non-hydrogen) atoms. The lowest BCUT2D eigenvalue weighted by molar-refractivity contribution is -0.755. The van der Waals surface area contributed by atoms with Crippen molar-refractivity contribution in [3.63, 3.8) is 0 Å². The largest absolute Gasteiger partial charge is 0.348 e. The number of benzene rings is 1. The minimum Gasteiger partial charge on any atom is -0.348 e. The van der Waals surface area contributed by atoms with Gasteiger partial charge in [-0.05, 0) is 45.7 Å². The van der Waals surface area contributed by atoms with Gasteiger partial charge in [0.05, 0.1) is 5.41 Å². The molecule has 3 aliphatic rings. The molecule has 5 rings (SSSR count). The molecular weight excluding hydrogens is 310 g/mol. The molecule has 3 nitrogen and oxygen atoms in total. The van der Waals surface area contributed by atoms with Gasteiger partial charge in [0.15, 0.2) is 23.7 Å². The van der Waals surface area contributed by atoms with E-state index in [2.05, 4.69) is 81.8 Å². The number of fused-ring (bicyclic) bond motifs is 1. The van der Waals surface area contributed by atoms with E-state index in [0.717, 1.165) is 0 Å². The Morgan fingerprint density at radius 3 is 2.40 bits per heavy atom. The van der Waals surface area contributed by atoms with Crippen LogP contribution < -0.4 is 4.57 Å². The maximum Gasteiger partial charge on any atom is 0.196 e. The summed E-state index contributed by atoms with van der Waals surface area (Å²) in [6.07, 6.45) is 2.21. The second kappa shape index (κ2) is 5.65. The van der Waals surface area contributed by atoms with E-state index >= 15 is 0 Å². The molecule has 2 unspecified atom stereocenters. The molecule has 1 aromatic carbocycles. The zero-order valence-electron chi connectivity index (χ0n) is 15.9. The highest BCUT2D eigenvalue weighted by atomic mass is 16.7. The summed E-state index contributed by atoms with van der Waals surface area (Å²) in [6.45, 7) is 12.2. The Balaban J connectivity index is 2.10. The average molecular weight is 338 g/mol. The number of pyridine rings is 1. The van der Waals surface area contributed by atoms with Crippen LogP contribution in [-0.2, 0) is 9.47 Å². The van der Waals surface area contributed by atoms with Crippen LogP contribution in [0.4, 0.5) is 0 Å². The second-order valence-electron chi connectivity index (χ2n) is 7.70. The maximum absolute atomic E-state index is 6.49. The molecule has 0 N–H and O–H groups in total. The molecule has 2 aromatic rings. The summed E-state index contributed by atoms with van der Waals surface area (Å²) in [7, 11) is 0. The number of ether oxygens (including phenoxy) is 2. The van der Waals surface area contributed by atoms with Crippen LogP contribution in [0.5, 0.6) is 0 Å². The number of aromatic nitrogens is 1. The highest BCUT2D eigenvalue weighted by Crippen LogP contribution is 2.62. The first-order chi connectivity index (χ1) is 12.0. The molecule has 132 valence electrons. The molecule has 0 fully saturated rings. The second-order valence-corrected chi connectivity index (χ2v) is 7.70. The standard InChI is InChI=1S/C22H28NO2/c1-6-24-22(25-7-2)19-17-13-8-9-14-23(17)20(21(22,4)5)16-12-10-11-15(3)18(16)19/h8-14,19-20H,6-7H2,1-5H3/q+1. The van der Waals surface area contributed by atoms with Crippen LogP contribution in [0.3, 0.4) is 0 Å². The Morgan fingerprint density at radius 1 is 1.00 bits per heavy atom. The molecule has 0 spiro atoms. The lowest BCUT2D eigenvalue weighted by Gasteiger charge is -2.57. The Kier molecular flexibility index (Phi) is 3.78. The third-order valence-corrected chi connectivity index (χ3v) is 6.12. The quantitative estimate of drug-likeness (QED) is 0.618. The SMILES string of the molecule is CCOC1(OCC)C2c3c(C)cccc3C([n+]3ccccc32)C1(C)C. The van der Waals surface area contributed by atoms with Gasteiger partial charge in [0.25, 0.3) is 0 Å². The highest BCUT2D eigenvalue weighted by Gasteiger charge is 2.70. The molecule has 1 aliphatic carbocycles. The van der Waals surface area contributed by atoms with Gasteiger partial charge in [0.2, 0.25) is 0 Å². The predicted molar refractivity (Wildman–Crippen MR) is 97.6 cm³/mol. The van der Waals surface area contributed by atoms with E-state index in [4.69, 9.17) is 9.47 Å². The van der Waals surface area contributed by atoms with Gasteiger partial charge in [-0.1, -0.05) is 24.3 Å². The van der Waals surface area contributed by atoms with Crippen molar-refractivity contribution in [2.75, 3.05) is 13.2 Å². The molecule has 1 aromatic heterocycles. The molecule has 0 amide bonds. The van der Waals surface area contributed by atoms with Gasteiger partial charge in [-0.15, -0.1) is 0 Å². The van der Waals surface area contributed by atoms with E-state index in [9.17, 15) is 0 Å². The van der Waals surface area contributed by atoms with Gasteiger partial charge in [0.1, 0.15) is 5.92 Å². The van der Waals surface area contributed by atoms with E-state index < -0.39 is 5.79 Å². The van der Waals surface area contributed by atoms with Gasteiger partial charge in [0, 0.05) is 30.9 Å². The molecular formula is C22H28NO2+. The van der Waals surface area contributed by atoms with Crippen molar-refractivity contribution in [2.24, 2.45) is 5.41 Å². The van der Waals surface area contributed by atoms with Gasteiger partial charge < -0.3 is 9.47 Å². The molecule has 2 bridgehead atoms. The van der Waals surface area contributed by atoms with E-state index in [1.807, 2.05) is 0 Å². The minimum atomic E-state index is -0.651. The summed E-state index contributed by atoms with van der Waals surface area (Å²) in [5.74, 6) is -0.577. The minimum absolute atomic E-state index is 0.0739. The van der Waals surface area contributed by atoms with Crippen molar-refractivity contribution < 1.29 is 14.0 Å². The molecule has 2 aliphatic heterocycles. The van der Waals surface area contributed by atoms with Gasteiger partial charge in [-0.2, -0.15) is 4.57 Å². The van der Waals surface area contributed by atoms with Gasteiger partial charge >= 0.3 is 0 Å². The fourth-order valence-corrected chi connectivity index (χ4v) is 5.28. The van der Waals surface area contributed by atoms with E-state index in [1.54, 1.807) is 0 Å². The van der Waals surface area contributed by atoms with E-state index in [0.29, 0.717) is 13.2 Å². The first-order valence-electron chi connectivity index (χ1n) is 9.37. The maximum atomic E-state index is 6.49. The Morgan fingerprint density at radius 2 is 1.72 bits per heavy atom. The third kappa shape index (κ3) is 1.97. The topological polar surface area (TPSA) is 22.3 Å². The smallest absolute Gasteiger partial charge is 0.196 e. The van der Waals surface area contributed by atoms with Gasteiger partial charge in [-0.3, -0.25) is 0 Å². The zero-order chi connectivity index (χ0) is 17.8. The summed E-state index contributed by atoms with van der Waals surface area (Å²) in [6, 6.07) is 13.3. The summed E-state index contributed by atoms with van der Waals surface area (Å²) >= 11 is 0. The van der Waals surface area contributed by atoms with Crippen molar-refractivity contribution in [3.8, 4) is 0 Å². The van der Waals surface area contributed by atoms with Crippen LogP contribution >= 0.6 is 0 Å². The predicted octanol–water partition coefficient (Wildman–Crippen LogP) is 4.13. The normalized spacial score (nSPS) is 24.7. The summed E-state index contributed by atoms with van der Waals surface area (Å²) < 4.78 is 15.4. The molecule has 3 heterocycles. The van der Waals surface area contributed by atoms with Crippen LogP contribution in [0.1, 0.15) is 62.0 Å². The molecule has 0 saturated carbocycles. The van der Waals surface area contributed by atoms with Crippen molar-refractivity contribution >= 4 is 0 Å².